The van der Waals surface area contributed by atoms with Gasteiger partial charge in [0.1, 0.15) is 6.04 Å². The van der Waals surface area contributed by atoms with Gasteiger partial charge < -0.3 is 19.7 Å². The lowest BCUT2D eigenvalue weighted by Crippen LogP contribution is -2.34. The quantitative estimate of drug-likeness (QED) is 0.752. The number of hydrogen-bond acceptors (Lipinski definition) is 6. The molecule has 1 aliphatic rings. The molecule has 1 heterocycles. The molecule has 8 nitrogen and oxygen atoms in total. The van der Waals surface area contributed by atoms with Gasteiger partial charge in [0.15, 0.2) is 11.5 Å². The van der Waals surface area contributed by atoms with Gasteiger partial charge in [-0.25, -0.2) is 4.90 Å². The first-order valence-corrected chi connectivity index (χ1v) is 9.02. The van der Waals surface area contributed by atoms with Gasteiger partial charge in [-0.3, -0.25) is 14.4 Å². The summed E-state index contributed by atoms with van der Waals surface area (Å²) in [6.45, 7) is 0. The van der Waals surface area contributed by atoms with Crippen LogP contribution in [0, 0.1) is 0 Å². The molecule has 0 unspecified atom stereocenters. The second kappa shape index (κ2) is 8.22. The van der Waals surface area contributed by atoms with E-state index in [1.54, 1.807) is 56.6 Å². The van der Waals surface area contributed by atoms with Crippen LogP contribution in [0.15, 0.2) is 42.5 Å². The van der Waals surface area contributed by atoms with E-state index in [1.165, 1.54) is 19.1 Å². The fraction of sp³-hybridized carbons (Fsp3) is 0.286. The Morgan fingerprint density at radius 3 is 2.28 bits per heavy atom. The van der Waals surface area contributed by atoms with Gasteiger partial charge in [-0.1, -0.05) is 0 Å². The molecular formula is C21H23N3O5. The largest absolute Gasteiger partial charge is 0.493 e. The molecule has 2 aromatic carbocycles. The lowest BCUT2D eigenvalue weighted by Gasteiger charge is -2.18. The number of ether oxygens (including phenoxy) is 2. The van der Waals surface area contributed by atoms with E-state index in [9.17, 15) is 14.4 Å². The van der Waals surface area contributed by atoms with E-state index in [-0.39, 0.29) is 24.1 Å². The van der Waals surface area contributed by atoms with E-state index in [1.807, 2.05) is 0 Å². The fourth-order valence-electron chi connectivity index (χ4n) is 3.15. The highest BCUT2D eigenvalue weighted by molar-refractivity contribution is 6.23. The number of hydrogen-bond donors (Lipinski definition) is 1. The van der Waals surface area contributed by atoms with Crippen molar-refractivity contribution < 1.29 is 23.9 Å². The number of carbonyl (C=O) groups is 3. The van der Waals surface area contributed by atoms with Gasteiger partial charge in [0.2, 0.25) is 5.91 Å². The maximum Gasteiger partial charge on any atom is 0.256 e. The summed E-state index contributed by atoms with van der Waals surface area (Å²) in [5.74, 6) is 0.179. The molecule has 0 aliphatic carbocycles. The molecule has 0 spiro atoms. The molecule has 0 radical (unpaired) electrons. The molecule has 2 aromatic rings. The summed E-state index contributed by atoms with van der Waals surface area (Å²) < 4.78 is 10.5. The molecule has 8 heteroatoms. The molecule has 1 fully saturated rings. The molecule has 0 saturated carbocycles. The summed E-state index contributed by atoms with van der Waals surface area (Å²) in [5.41, 5.74) is 1.62. The lowest BCUT2D eigenvalue weighted by atomic mass is 10.1. The van der Waals surface area contributed by atoms with Crippen LogP contribution in [0.25, 0.3) is 0 Å². The SMILES string of the molecule is COc1ccc(N2C(=O)C[C@H](Nc3ccc(C(=O)N(C)C)cc3)C2=O)cc1OC. The third-order valence-electron chi connectivity index (χ3n) is 4.65. The van der Waals surface area contributed by atoms with Crippen LogP contribution >= 0.6 is 0 Å². The lowest BCUT2D eigenvalue weighted by molar-refractivity contribution is -0.121. The van der Waals surface area contributed by atoms with Gasteiger partial charge in [-0.05, 0) is 36.4 Å². The zero-order chi connectivity index (χ0) is 21.1. The van der Waals surface area contributed by atoms with Crippen molar-refractivity contribution in [2.45, 2.75) is 12.5 Å². The highest BCUT2D eigenvalue weighted by atomic mass is 16.5. The first kappa shape index (κ1) is 20.2. The average Bonchev–Trinajstić information content (AvgIpc) is 3.00. The monoisotopic (exact) mass is 397 g/mol. The molecule has 152 valence electrons. The molecule has 0 aromatic heterocycles. The first-order chi connectivity index (χ1) is 13.8. The number of amides is 3. The van der Waals surface area contributed by atoms with Crippen molar-refractivity contribution in [3.8, 4) is 11.5 Å². The van der Waals surface area contributed by atoms with Crippen LogP contribution in [0.5, 0.6) is 11.5 Å². The fourth-order valence-corrected chi connectivity index (χ4v) is 3.15. The summed E-state index contributed by atoms with van der Waals surface area (Å²) in [5, 5.41) is 3.07. The Kier molecular flexibility index (Phi) is 5.72. The number of nitrogens with one attached hydrogen (secondary N) is 1. The summed E-state index contributed by atoms with van der Waals surface area (Å²) >= 11 is 0. The van der Waals surface area contributed by atoms with E-state index in [0.29, 0.717) is 28.4 Å². The number of anilines is 2. The Bertz CT molecular complexity index is 940. The second-order valence-electron chi connectivity index (χ2n) is 6.78. The van der Waals surface area contributed by atoms with Crippen molar-refractivity contribution >= 4 is 29.1 Å². The molecule has 1 saturated heterocycles. The third-order valence-corrected chi connectivity index (χ3v) is 4.65. The van der Waals surface area contributed by atoms with Crippen molar-refractivity contribution in [1.82, 2.24) is 4.90 Å². The van der Waals surface area contributed by atoms with Gasteiger partial charge >= 0.3 is 0 Å². The minimum Gasteiger partial charge on any atom is -0.493 e. The minimum atomic E-state index is -0.689. The van der Waals surface area contributed by atoms with Crippen molar-refractivity contribution in [3.05, 3.63) is 48.0 Å². The molecule has 1 aliphatic heterocycles. The number of benzene rings is 2. The van der Waals surface area contributed by atoms with Crippen LogP contribution in [-0.4, -0.2) is 57.0 Å². The Morgan fingerprint density at radius 2 is 1.69 bits per heavy atom. The van der Waals surface area contributed by atoms with Gasteiger partial charge in [0.25, 0.3) is 11.8 Å². The predicted octanol–water partition coefficient (Wildman–Crippen LogP) is 2.15. The van der Waals surface area contributed by atoms with Crippen LogP contribution in [0.1, 0.15) is 16.8 Å². The smallest absolute Gasteiger partial charge is 0.256 e. The number of rotatable bonds is 6. The average molecular weight is 397 g/mol. The number of imide groups is 1. The molecular weight excluding hydrogens is 374 g/mol. The van der Waals surface area contributed by atoms with Crippen molar-refractivity contribution in [2.24, 2.45) is 0 Å². The topological polar surface area (TPSA) is 88.2 Å². The molecule has 3 amide bonds. The van der Waals surface area contributed by atoms with Gasteiger partial charge in [0.05, 0.1) is 26.3 Å². The summed E-state index contributed by atoms with van der Waals surface area (Å²) in [6.07, 6.45) is 0.0333. The Labute approximate surface area is 169 Å². The minimum absolute atomic E-state index is 0.0333. The van der Waals surface area contributed by atoms with Crippen LogP contribution in [0.4, 0.5) is 11.4 Å². The van der Waals surface area contributed by atoms with Gasteiger partial charge in [-0.15, -0.1) is 0 Å². The maximum atomic E-state index is 12.8. The van der Waals surface area contributed by atoms with E-state index in [0.717, 1.165) is 4.90 Å². The van der Waals surface area contributed by atoms with E-state index >= 15 is 0 Å². The normalized spacial score (nSPS) is 16.0. The Hall–Kier alpha value is -3.55. The van der Waals surface area contributed by atoms with Crippen molar-refractivity contribution in [1.29, 1.82) is 0 Å². The number of carbonyl (C=O) groups excluding carboxylic acids is 3. The van der Waals surface area contributed by atoms with E-state index in [4.69, 9.17) is 9.47 Å². The van der Waals surface area contributed by atoms with Crippen LogP contribution in [0.2, 0.25) is 0 Å². The number of nitrogens with zero attached hydrogens (tertiary/aromatic N) is 2. The highest BCUT2D eigenvalue weighted by Crippen LogP contribution is 2.34. The molecule has 1 atom stereocenters. The maximum absolute atomic E-state index is 12.8. The predicted molar refractivity (Wildman–Crippen MR) is 109 cm³/mol. The zero-order valence-electron chi connectivity index (χ0n) is 16.8. The van der Waals surface area contributed by atoms with Gasteiger partial charge in [-0.2, -0.15) is 0 Å². The summed E-state index contributed by atoms with van der Waals surface area (Å²) in [4.78, 5) is 40.0. The van der Waals surface area contributed by atoms with E-state index in [2.05, 4.69) is 5.32 Å². The Morgan fingerprint density at radius 1 is 1.03 bits per heavy atom. The van der Waals surface area contributed by atoms with Crippen LogP contribution in [-0.2, 0) is 9.59 Å². The standard InChI is InChI=1S/C21H23N3O5/c1-23(2)20(26)13-5-7-14(8-6-13)22-16-12-19(25)24(21(16)27)15-9-10-17(28-3)18(11-15)29-4/h5-11,16,22H,12H2,1-4H3/t16-/m0/s1. The second-order valence-corrected chi connectivity index (χ2v) is 6.78. The van der Waals surface area contributed by atoms with Crippen LogP contribution < -0.4 is 19.7 Å². The first-order valence-electron chi connectivity index (χ1n) is 9.02. The van der Waals surface area contributed by atoms with Gasteiger partial charge in [0, 0.05) is 31.4 Å². The third kappa shape index (κ3) is 4.01. The molecule has 29 heavy (non-hydrogen) atoms. The molecule has 3 rings (SSSR count). The van der Waals surface area contributed by atoms with Crippen LogP contribution in [0.3, 0.4) is 0 Å². The zero-order valence-corrected chi connectivity index (χ0v) is 16.8. The molecule has 1 N–H and O–H groups in total. The summed E-state index contributed by atoms with van der Waals surface area (Å²) in [7, 11) is 6.37. The van der Waals surface area contributed by atoms with Crippen molar-refractivity contribution in [2.75, 3.05) is 38.5 Å². The summed E-state index contributed by atoms with van der Waals surface area (Å²) in [6, 6.07) is 11.0. The van der Waals surface area contributed by atoms with E-state index < -0.39 is 6.04 Å². The van der Waals surface area contributed by atoms with Crippen molar-refractivity contribution in [3.63, 3.8) is 0 Å². The Balaban J connectivity index is 1.76. The number of methoxy groups -OCH3 is 2. The highest BCUT2D eigenvalue weighted by Gasteiger charge is 2.39. The molecule has 0 bridgehead atoms.